The molecule has 0 unspecified atom stereocenters. The summed E-state index contributed by atoms with van der Waals surface area (Å²) in [5.74, 6) is 0.483. The molecule has 1 heterocycles. The second-order valence-corrected chi connectivity index (χ2v) is 9.05. The second kappa shape index (κ2) is 8.51. The maximum Gasteiger partial charge on any atom is 0.263 e. The Balaban J connectivity index is 1.61. The fraction of sp³-hybridized carbons (Fsp3) is 0.350. The molecule has 0 spiro atoms. The molecule has 0 radical (unpaired) electrons. The summed E-state index contributed by atoms with van der Waals surface area (Å²) < 4.78 is 32.7. The summed E-state index contributed by atoms with van der Waals surface area (Å²) in [6, 6.07) is 13.9. The largest absolute Gasteiger partial charge is 0.481 e. The minimum absolute atomic E-state index is 0.0904. The van der Waals surface area contributed by atoms with E-state index in [9.17, 15) is 13.2 Å². The first-order chi connectivity index (χ1) is 13.3. The van der Waals surface area contributed by atoms with Crippen LogP contribution in [0.5, 0.6) is 5.75 Å². The van der Waals surface area contributed by atoms with E-state index in [1.54, 1.807) is 30.0 Å². The molecule has 2 aromatic carbocycles. The number of ether oxygens (including phenoxy) is 1. The number of aryl methyl sites for hydroxylation is 1. The third-order valence-corrected chi connectivity index (χ3v) is 7.05. The topological polar surface area (TPSA) is 66.9 Å². The summed E-state index contributed by atoms with van der Waals surface area (Å²) in [5.41, 5.74) is 1.05. The van der Waals surface area contributed by atoms with Gasteiger partial charge in [-0.2, -0.15) is 4.31 Å². The number of hydrogen-bond acceptors (Lipinski definition) is 4. The van der Waals surface area contributed by atoms with Crippen molar-refractivity contribution in [1.29, 1.82) is 0 Å². The molecule has 1 amide bonds. The molecule has 1 aliphatic rings. The molecule has 6 nitrogen and oxygen atoms in total. The lowest BCUT2D eigenvalue weighted by atomic mass is 10.2. The fourth-order valence-corrected chi connectivity index (χ4v) is 5.06. The van der Waals surface area contributed by atoms with Crippen molar-refractivity contribution in [1.82, 2.24) is 9.21 Å². The number of nitrogens with zero attached hydrogens (tertiary/aromatic N) is 2. The molecular formula is C20H23ClN2O4S. The van der Waals surface area contributed by atoms with E-state index in [0.717, 1.165) is 5.56 Å². The molecule has 0 saturated carbocycles. The lowest BCUT2D eigenvalue weighted by molar-refractivity contribution is -0.139. The fourth-order valence-electron chi connectivity index (χ4n) is 3.14. The van der Waals surface area contributed by atoms with Crippen LogP contribution in [0.4, 0.5) is 0 Å². The lowest BCUT2D eigenvalue weighted by Gasteiger charge is -2.35. The van der Waals surface area contributed by atoms with Gasteiger partial charge in [-0.15, -0.1) is 0 Å². The molecule has 1 saturated heterocycles. The van der Waals surface area contributed by atoms with Crippen LogP contribution in [0.2, 0.25) is 5.02 Å². The summed E-state index contributed by atoms with van der Waals surface area (Å²) >= 11 is 6.05. The number of hydrogen-bond donors (Lipinski definition) is 0. The Morgan fingerprint density at radius 2 is 1.75 bits per heavy atom. The van der Waals surface area contributed by atoms with E-state index in [0.29, 0.717) is 18.8 Å². The molecule has 0 aromatic heterocycles. The number of carbonyl (C=O) groups excluding carboxylic acids is 1. The monoisotopic (exact) mass is 422 g/mol. The van der Waals surface area contributed by atoms with E-state index in [2.05, 4.69) is 0 Å². The Hall–Kier alpha value is -2.09. The van der Waals surface area contributed by atoms with Gasteiger partial charge >= 0.3 is 0 Å². The van der Waals surface area contributed by atoms with Crippen LogP contribution in [0.1, 0.15) is 12.5 Å². The molecule has 3 rings (SSSR count). The highest BCUT2D eigenvalue weighted by Gasteiger charge is 2.32. The first kappa shape index (κ1) is 20.6. The number of benzene rings is 2. The summed E-state index contributed by atoms with van der Waals surface area (Å²) in [5, 5.41) is 0.196. The number of rotatable bonds is 5. The third-order valence-electron chi connectivity index (χ3n) is 4.65. The van der Waals surface area contributed by atoms with Crippen molar-refractivity contribution in [2.45, 2.75) is 24.8 Å². The molecular weight excluding hydrogens is 400 g/mol. The number of halogens is 1. The Bertz CT molecular complexity index is 956. The summed E-state index contributed by atoms with van der Waals surface area (Å²) in [4.78, 5) is 14.4. The molecule has 8 heteroatoms. The zero-order valence-electron chi connectivity index (χ0n) is 15.8. The minimum atomic E-state index is -3.68. The summed E-state index contributed by atoms with van der Waals surface area (Å²) in [7, 11) is -3.68. The van der Waals surface area contributed by atoms with Gasteiger partial charge in [0.2, 0.25) is 10.0 Å². The SMILES string of the molecule is Cc1cccc(O[C@@H](C)C(=O)N2CCN(S(=O)(=O)c3ccccc3Cl)CC2)c1. The molecule has 1 fully saturated rings. The smallest absolute Gasteiger partial charge is 0.263 e. The van der Waals surface area contributed by atoms with Gasteiger partial charge in [0.25, 0.3) is 5.91 Å². The Morgan fingerprint density at radius 1 is 1.07 bits per heavy atom. The predicted molar refractivity (Wildman–Crippen MR) is 108 cm³/mol. The van der Waals surface area contributed by atoms with Crippen molar-refractivity contribution in [3.8, 4) is 5.75 Å². The number of amides is 1. The van der Waals surface area contributed by atoms with Gasteiger partial charge in [-0.05, 0) is 43.7 Å². The van der Waals surface area contributed by atoms with E-state index < -0.39 is 16.1 Å². The zero-order chi connectivity index (χ0) is 20.3. The number of sulfonamides is 1. The molecule has 1 aliphatic heterocycles. The highest BCUT2D eigenvalue weighted by Crippen LogP contribution is 2.25. The van der Waals surface area contributed by atoms with E-state index in [4.69, 9.17) is 16.3 Å². The lowest BCUT2D eigenvalue weighted by Crippen LogP contribution is -2.53. The zero-order valence-corrected chi connectivity index (χ0v) is 17.4. The van der Waals surface area contributed by atoms with Crippen molar-refractivity contribution >= 4 is 27.5 Å². The molecule has 0 N–H and O–H groups in total. The van der Waals surface area contributed by atoms with Crippen molar-refractivity contribution < 1.29 is 17.9 Å². The molecule has 0 aliphatic carbocycles. The molecule has 0 bridgehead atoms. The van der Waals surface area contributed by atoms with Crippen LogP contribution in [0.15, 0.2) is 53.4 Å². The van der Waals surface area contributed by atoms with Crippen LogP contribution in [-0.4, -0.2) is 55.8 Å². The summed E-state index contributed by atoms with van der Waals surface area (Å²) in [6.45, 7) is 4.72. The number of piperazine rings is 1. The first-order valence-electron chi connectivity index (χ1n) is 9.06. The maximum atomic E-state index is 12.8. The van der Waals surface area contributed by atoms with Crippen LogP contribution in [-0.2, 0) is 14.8 Å². The highest BCUT2D eigenvalue weighted by atomic mass is 35.5. The van der Waals surface area contributed by atoms with Gasteiger partial charge in [-0.1, -0.05) is 35.9 Å². The van der Waals surface area contributed by atoms with E-state index in [-0.39, 0.29) is 28.9 Å². The van der Waals surface area contributed by atoms with Crippen molar-refractivity contribution in [2.24, 2.45) is 0 Å². The number of carbonyl (C=O) groups is 1. The van der Waals surface area contributed by atoms with Gasteiger partial charge in [-0.25, -0.2) is 8.42 Å². The van der Waals surface area contributed by atoms with Crippen molar-refractivity contribution in [3.63, 3.8) is 0 Å². The molecule has 1 atom stereocenters. The van der Waals surface area contributed by atoms with Crippen molar-refractivity contribution in [3.05, 3.63) is 59.1 Å². The van der Waals surface area contributed by atoms with Gasteiger partial charge in [-0.3, -0.25) is 4.79 Å². The normalized spacial score (nSPS) is 16.6. The maximum absolute atomic E-state index is 12.8. The van der Waals surface area contributed by atoms with Gasteiger partial charge in [0, 0.05) is 26.2 Å². The Morgan fingerprint density at radius 3 is 2.39 bits per heavy atom. The Labute approximate surface area is 170 Å². The standard InChI is InChI=1S/C20H23ClN2O4S/c1-15-6-5-7-17(14-15)27-16(2)20(24)22-10-12-23(13-11-22)28(25,26)19-9-4-3-8-18(19)21/h3-9,14,16H,10-13H2,1-2H3/t16-/m0/s1. The van der Waals surface area contributed by atoms with Crippen LogP contribution < -0.4 is 4.74 Å². The van der Waals surface area contributed by atoms with Gasteiger partial charge in [0.05, 0.1) is 5.02 Å². The van der Waals surface area contributed by atoms with Crippen LogP contribution in [0.3, 0.4) is 0 Å². The highest BCUT2D eigenvalue weighted by molar-refractivity contribution is 7.89. The minimum Gasteiger partial charge on any atom is -0.481 e. The average Bonchev–Trinajstić information content (AvgIpc) is 2.67. The van der Waals surface area contributed by atoms with E-state index >= 15 is 0 Å². The molecule has 28 heavy (non-hydrogen) atoms. The summed E-state index contributed by atoms with van der Waals surface area (Å²) in [6.07, 6.45) is -0.645. The first-order valence-corrected chi connectivity index (χ1v) is 10.9. The predicted octanol–water partition coefficient (Wildman–Crippen LogP) is 2.95. The van der Waals surface area contributed by atoms with Gasteiger partial charge in [0.15, 0.2) is 6.10 Å². The van der Waals surface area contributed by atoms with Gasteiger partial charge < -0.3 is 9.64 Å². The van der Waals surface area contributed by atoms with E-state index in [1.807, 2.05) is 31.2 Å². The second-order valence-electron chi connectivity index (χ2n) is 6.74. The van der Waals surface area contributed by atoms with Crippen LogP contribution in [0.25, 0.3) is 0 Å². The van der Waals surface area contributed by atoms with Crippen molar-refractivity contribution in [2.75, 3.05) is 26.2 Å². The van der Waals surface area contributed by atoms with Crippen LogP contribution in [0, 0.1) is 6.92 Å². The Kier molecular flexibility index (Phi) is 6.27. The molecule has 150 valence electrons. The molecule has 2 aromatic rings. The van der Waals surface area contributed by atoms with Crippen LogP contribution >= 0.6 is 11.6 Å². The third kappa shape index (κ3) is 4.48. The van der Waals surface area contributed by atoms with Gasteiger partial charge in [0.1, 0.15) is 10.6 Å². The quantitative estimate of drug-likeness (QED) is 0.743. The average molecular weight is 423 g/mol. The van der Waals surface area contributed by atoms with E-state index in [1.165, 1.54) is 10.4 Å².